The molecular weight excluding hydrogens is 148 g/mol. The van der Waals surface area contributed by atoms with Crippen LogP contribution >= 0.6 is 0 Å². The predicted molar refractivity (Wildman–Crippen MR) is 48.7 cm³/mol. The SMILES string of the molecule is CC(=O)C1C2C=CC=CC1CC2. The molecule has 1 heteroatoms. The first kappa shape index (κ1) is 7.78. The number of rotatable bonds is 1. The summed E-state index contributed by atoms with van der Waals surface area (Å²) < 4.78 is 0. The molecule has 2 aliphatic carbocycles. The second-order valence-electron chi connectivity index (χ2n) is 3.81. The largest absolute Gasteiger partial charge is 0.300 e. The lowest BCUT2D eigenvalue weighted by Gasteiger charge is -2.15. The lowest BCUT2D eigenvalue weighted by molar-refractivity contribution is -0.122. The van der Waals surface area contributed by atoms with Gasteiger partial charge in [0.2, 0.25) is 0 Å². The molecule has 0 aromatic carbocycles. The van der Waals surface area contributed by atoms with Gasteiger partial charge < -0.3 is 0 Å². The third-order valence-electron chi connectivity index (χ3n) is 3.05. The summed E-state index contributed by atoms with van der Waals surface area (Å²) in [5.74, 6) is 1.67. The number of hydrogen-bond donors (Lipinski definition) is 0. The zero-order chi connectivity index (χ0) is 8.55. The Bertz CT molecular complexity index is 230. The summed E-state index contributed by atoms with van der Waals surface area (Å²) >= 11 is 0. The number of Topliss-reactive ketones (excluding diaryl/α,β-unsaturated/α-hetero) is 1. The van der Waals surface area contributed by atoms with Crippen LogP contribution in [0, 0.1) is 17.8 Å². The fourth-order valence-corrected chi connectivity index (χ4v) is 2.51. The van der Waals surface area contributed by atoms with Crippen LogP contribution in [-0.4, -0.2) is 5.78 Å². The molecule has 1 saturated carbocycles. The number of fused-ring (bicyclic) bond motifs is 2. The quantitative estimate of drug-likeness (QED) is 0.578. The minimum atomic E-state index is 0.278. The van der Waals surface area contributed by atoms with Gasteiger partial charge in [0.1, 0.15) is 5.78 Å². The van der Waals surface area contributed by atoms with E-state index in [4.69, 9.17) is 0 Å². The summed E-state index contributed by atoms with van der Waals surface area (Å²) in [5, 5.41) is 0. The number of allylic oxidation sites excluding steroid dienone is 4. The smallest absolute Gasteiger partial charge is 0.134 e. The van der Waals surface area contributed by atoms with Gasteiger partial charge in [0, 0.05) is 5.92 Å². The van der Waals surface area contributed by atoms with Crippen molar-refractivity contribution in [1.29, 1.82) is 0 Å². The zero-order valence-corrected chi connectivity index (χ0v) is 7.36. The van der Waals surface area contributed by atoms with Crippen molar-refractivity contribution in [3.05, 3.63) is 24.3 Å². The van der Waals surface area contributed by atoms with Crippen molar-refractivity contribution in [1.82, 2.24) is 0 Å². The van der Waals surface area contributed by atoms with Crippen molar-refractivity contribution in [2.75, 3.05) is 0 Å². The molecule has 0 aliphatic heterocycles. The first-order chi connectivity index (χ1) is 5.79. The average Bonchev–Trinajstić information content (AvgIpc) is 2.24. The average molecular weight is 162 g/mol. The van der Waals surface area contributed by atoms with Gasteiger partial charge in [-0.15, -0.1) is 0 Å². The predicted octanol–water partition coefficient (Wildman–Crippen LogP) is 2.34. The van der Waals surface area contributed by atoms with Crippen LogP contribution in [0.5, 0.6) is 0 Å². The van der Waals surface area contributed by atoms with Gasteiger partial charge in [-0.1, -0.05) is 24.3 Å². The van der Waals surface area contributed by atoms with Crippen molar-refractivity contribution in [2.45, 2.75) is 19.8 Å². The molecule has 1 nitrogen and oxygen atoms in total. The van der Waals surface area contributed by atoms with E-state index in [9.17, 15) is 4.79 Å². The van der Waals surface area contributed by atoms with E-state index in [1.165, 1.54) is 12.8 Å². The first-order valence-corrected chi connectivity index (χ1v) is 4.64. The molecule has 0 radical (unpaired) electrons. The first-order valence-electron chi connectivity index (χ1n) is 4.64. The van der Waals surface area contributed by atoms with Crippen LogP contribution in [-0.2, 0) is 4.79 Å². The van der Waals surface area contributed by atoms with Crippen molar-refractivity contribution in [3.8, 4) is 0 Å². The Labute approximate surface area is 73.2 Å². The molecule has 0 N–H and O–H groups in total. The van der Waals surface area contributed by atoms with E-state index in [-0.39, 0.29) is 5.92 Å². The standard InChI is InChI=1S/C11H14O/c1-8(12)11-9-4-2-3-5-10(11)7-6-9/h2-5,9-11H,6-7H2,1H3. The molecule has 64 valence electrons. The Kier molecular flexibility index (Phi) is 1.87. The maximum absolute atomic E-state index is 11.3. The molecule has 0 aromatic rings. The minimum absolute atomic E-state index is 0.278. The molecule has 1 fully saturated rings. The fourth-order valence-electron chi connectivity index (χ4n) is 2.51. The van der Waals surface area contributed by atoms with Crippen molar-refractivity contribution in [2.24, 2.45) is 17.8 Å². The highest BCUT2D eigenvalue weighted by Crippen LogP contribution is 2.40. The summed E-state index contributed by atoms with van der Waals surface area (Å²) in [6, 6.07) is 0. The molecule has 0 saturated heterocycles. The molecule has 0 heterocycles. The fraction of sp³-hybridized carbons (Fsp3) is 0.545. The van der Waals surface area contributed by atoms with Crippen LogP contribution < -0.4 is 0 Å². The summed E-state index contributed by atoms with van der Waals surface area (Å²) in [4.78, 5) is 11.3. The van der Waals surface area contributed by atoms with Crippen LogP contribution in [0.25, 0.3) is 0 Å². The van der Waals surface area contributed by atoms with Crippen molar-refractivity contribution in [3.63, 3.8) is 0 Å². The summed E-state index contributed by atoms with van der Waals surface area (Å²) in [6.45, 7) is 1.73. The van der Waals surface area contributed by atoms with Crippen molar-refractivity contribution >= 4 is 5.78 Å². The lowest BCUT2D eigenvalue weighted by Crippen LogP contribution is -2.19. The van der Waals surface area contributed by atoms with E-state index in [0.717, 1.165) is 0 Å². The van der Waals surface area contributed by atoms with Crippen LogP contribution in [0.1, 0.15) is 19.8 Å². The van der Waals surface area contributed by atoms with Gasteiger partial charge in [-0.05, 0) is 31.6 Å². The molecular formula is C11H14O. The Morgan fingerprint density at radius 2 is 1.67 bits per heavy atom. The molecule has 2 rings (SSSR count). The molecule has 0 amide bonds. The summed E-state index contributed by atoms with van der Waals surface area (Å²) in [6.07, 6.45) is 10.9. The summed E-state index contributed by atoms with van der Waals surface area (Å²) in [7, 11) is 0. The van der Waals surface area contributed by atoms with E-state index in [0.29, 0.717) is 17.6 Å². The summed E-state index contributed by atoms with van der Waals surface area (Å²) in [5.41, 5.74) is 0. The van der Waals surface area contributed by atoms with E-state index in [1.807, 2.05) is 0 Å². The highest BCUT2D eigenvalue weighted by molar-refractivity contribution is 5.80. The maximum atomic E-state index is 11.3. The van der Waals surface area contributed by atoms with Gasteiger partial charge in [0.15, 0.2) is 0 Å². The van der Waals surface area contributed by atoms with E-state index < -0.39 is 0 Å². The second-order valence-corrected chi connectivity index (χ2v) is 3.81. The second kappa shape index (κ2) is 2.89. The Hall–Kier alpha value is -0.850. The number of carbonyl (C=O) groups excluding carboxylic acids is 1. The topological polar surface area (TPSA) is 17.1 Å². The van der Waals surface area contributed by atoms with E-state index in [2.05, 4.69) is 24.3 Å². The maximum Gasteiger partial charge on any atom is 0.134 e. The Morgan fingerprint density at radius 3 is 2.08 bits per heavy atom. The zero-order valence-electron chi connectivity index (χ0n) is 7.36. The minimum Gasteiger partial charge on any atom is -0.300 e. The number of hydrogen-bond acceptors (Lipinski definition) is 1. The number of ketones is 1. The highest BCUT2D eigenvalue weighted by atomic mass is 16.1. The Morgan fingerprint density at radius 1 is 1.17 bits per heavy atom. The lowest BCUT2D eigenvalue weighted by atomic mass is 9.87. The number of carbonyl (C=O) groups is 1. The highest BCUT2D eigenvalue weighted by Gasteiger charge is 2.36. The molecule has 0 spiro atoms. The van der Waals surface area contributed by atoms with E-state index >= 15 is 0 Å². The van der Waals surface area contributed by atoms with Gasteiger partial charge in [-0.25, -0.2) is 0 Å². The molecule has 0 aromatic heterocycles. The van der Waals surface area contributed by atoms with Gasteiger partial charge >= 0.3 is 0 Å². The molecule has 2 bridgehead atoms. The van der Waals surface area contributed by atoms with Gasteiger partial charge in [-0.2, -0.15) is 0 Å². The van der Waals surface area contributed by atoms with Crippen LogP contribution in [0.4, 0.5) is 0 Å². The normalized spacial score (nSPS) is 38.2. The monoisotopic (exact) mass is 162 g/mol. The molecule has 2 unspecified atom stereocenters. The van der Waals surface area contributed by atoms with Gasteiger partial charge in [0.05, 0.1) is 0 Å². The molecule has 12 heavy (non-hydrogen) atoms. The Balaban J connectivity index is 2.29. The van der Waals surface area contributed by atoms with Gasteiger partial charge in [-0.3, -0.25) is 4.79 Å². The van der Waals surface area contributed by atoms with Crippen LogP contribution in [0.15, 0.2) is 24.3 Å². The molecule has 2 aliphatic rings. The third kappa shape index (κ3) is 1.13. The van der Waals surface area contributed by atoms with Crippen LogP contribution in [0.3, 0.4) is 0 Å². The third-order valence-corrected chi connectivity index (χ3v) is 3.05. The van der Waals surface area contributed by atoms with Crippen molar-refractivity contribution < 1.29 is 4.79 Å². The molecule has 2 atom stereocenters. The van der Waals surface area contributed by atoms with Crippen LogP contribution in [0.2, 0.25) is 0 Å². The van der Waals surface area contributed by atoms with E-state index in [1.54, 1.807) is 6.92 Å². The van der Waals surface area contributed by atoms with Gasteiger partial charge in [0.25, 0.3) is 0 Å².